The number of hydrogen-bond donors (Lipinski definition) is 0. The lowest BCUT2D eigenvalue weighted by Crippen LogP contribution is -2.35. The average Bonchev–Trinajstić information content (AvgIpc) is 2.43. The molecule has 1 heterocycles. The number of benzene rings is 1. The maximum atomic E-state index is 12.1. The van der Waals surface area contributed by atoms with E-state index in [1.807, 2.05) is 23.1 Å². The smallest absolute Gasteiger partial charge is 0.226 e. The van der Waals surface area contributed by atoms with Gasteiger partial charge in [0, 0.05) is 30.1 Å². The minimum atomic E-state index is 0.121. The molecule has 0 fully saturated rings. The highest BCUT2D eigenvalue weighted by Gasteiger charge is 2.21. The van der Waals surface area contributed by atoms with Crippen LogP contribution in [0.3, 0.4) is 0 Å². The van der Waals surface area contributed by atoms with E-state index in [2.05, 4.69) is 16.1 Å². The fourth-order valence-electron chi connectivity index (χ4n) is 2.27. The molecule has 0 atom stereocenters. The number of carbonyl (C=O) groups is 1. The van der Waals surface area contributed by atoms with Gasteiger partial charge in [-0.1, -0.05) is 23.3 Å². The minimum Gasteiger partial charge on any atom is -0.312 e. The van der Waals surface area contributed by atoms with Gasteiger partial charge in [-0.2, -0.15) is 0 Å². The van der Waals surface area contributed by atoms with Crippen LogP contribution < -0.4 is 4.90 Å². The summed E-state index contributed by atoms with van der Waals surface area (Å²) < 4.78 is 0. The Morgan fingerprint density at radius 2 is 2.28 bits per heavy atom. The highest BCUT2D eigenvalue weighted by atomic mass is 16.2. The maximum absolute atomic E-state index is 12.1. The van der Waals surface area contributed by atoms with Gasteiger partial charge in [0.1, 0.15) is 0 Å². The molecule has 0 N–H and O–H groups in total. The third-order valence-corrected chi connectivity index (χ3v) is 3.12. The van der Waals surface area contributed by atoms with Crippen LogP contribution in [0, 0.1) is 0 Å². The average molecular weight is 244 g/mol. The summed E-state index contributed by atoms with van der Waals surface area (Å²) in [5.41, 5.74) is 10.5. The first-order valence-electron chi connectivity index (χ1n) is 6.22. The Morgan fingerprint density at radius 3 is 3.11 bits per heavy atom. The number of aryl methyl sites for hydroxylation is 1. The normalized spacial score (nSPS) is 13.7. The Morgan fingerprint density at radius 1 is 1.44 bits per heavy atom. The molecule has 0 aliphatic carbocycles. The van der Waals surface area contributed by atoms with E-state index in [-0.39, 0.29) is 5.91 Å². The molecule has 18 heavy (non-hydrogen) atoms. The highest BCUT2D eigenvalue weighted by Crippen LogP contribution is 2.27. The van der Waals surface area contributed by atoms with Crippen LogP contribution in [-0.4, -0.2) is 19.0 Å². The van der Waals surface area contributed by atoms with Crippen molar-refractivity contribution in [1.82, 2.24) is 0 Å². The SMILES string of the molecule is [N-]=[N+]=NCCCC(=O)N1CCCc2ccccc21. The molecule has 0 spiro atoms. The summed E-state index contributed by atoms with van der Waals surface area (Å²) in [6.07, 6.45) is 3.10. The monoisotopic (exact) mass is 244 g/mol. The highest BCUT2D eigenvalue weighted by molar-refractivity contribution is 5.94. The van der Waals surface area contributed by atoms with E-state index in [0.29, 0.717) is 19.4 Å². The van der Waals surface area contributed by atoms with Crippen molar-refractivity contribution in [1.29, 1.82) is 0 Å². The number of rotatable bonds is 4. The van der Waals surface area contributed by atoms with E-state index in [4.69, 9.17) is 5.53 Å². The van der Waals surface area contributed by atoms with Crippen molar-refractivity contribution in [3.05, 3.63) is 40.3 Å². The zero-order valence-electron chi connectivity index (χ0n) is 10.2. The zero-order chi connectivity index (χ0) is 12.8. The van der Waals surface area contributed by atoms with Gasteiger partial charge in [-0.25, -0.2) is 0 Å². The van der Waals surface area contributed by atoms with Crippen molar-refractivity contribution in [2.75, 3.05) is 18.0 Å². The summed E-state index contributed by atoms with van der Waals surface area (Å²) in [5, 5.41) is 3.44. The van der Waals surface area contributed by atoms with Crippen molar-refractivity contribution < 1.29 is 4.79 Å². The third kappa shape index (κ3) is 2.81. The fourth-order valence-corrected chi connectivity index (χ4v) is 2.27. The van der Waals surface area contributed by atoms with Gasteiger partial charge in [-0.3, -0.25) is 4.79 Å². The molecule has 94 valence electrons. The number of nitrogens with zero attached hydrogens (tertiary/aromatic N) is 4. The van der Waals surface area contributed by atoms with Crippen LogP contribution >= 0.6 is 0 Å². The molecular weight excluding hydrogens is 228 g/mol. The lowest BCUT2D eigenvalue weighted by atomic mass is 10.0. The first-order chi connectivity index (χ1) is 8.83. The predicted octanol–water partition coefficient (Wildman–Crippen LogP) is 3.06. The molecule has 0 aromatic heterocycles. The number of anilines is 1. The van der Waals surface area contributed by atoms with Crippen LogP contribution in [0.2, 0.25) is 0 Å². The Kier molecular flexibility index (Phi) is 4.20. The number of azide groups is 1. The minimum absolute atomic E-state index is 0.121. The molecule has 1 aromatic rings. The molecule has 1 amide bonds. The second-order valence-corrected chi connectivity index (χ2v) is 4.34. The van der Waals surface area contributed by atoms with Crippen molar-refractivity contribution in [3.8, 4) is 0 Å². The molecule has 1 aliphatic rings. The van der Waals surface area contributed by atoms with Gasteiger partial charge in [-0.05, 0) is 36.4 Å². The summed E-state index contributed by atoms with van der Waals surface area (Å²) in [7, 11) is 0. The second kappa shape index (κ2) is 6.07. The lowest BCUT2D eigenvalue weighted by Gasteiger charge is -2.29. The standard InChI is InChI=1S/C13H16N4O/c14-16-15-9-3-8-13(18)17-10-4-6-11-5-1-2-7-12(11)17/h1-2,5,7H,3-4,6,8-10H2. The number of hydrogen-bond acceptors (Lipinski definition) is 2. The molecule has 0 bridgehead atoms. The molecule has 1 aliphatic heterocycles. The summed E-state index contributed by atoms with van der Waals surface area (Å²) in [4.78, 5) is 16.7. The summed E-state index contributed by atoms with van der Waals surface area (Å²) in [6, 6.07) is 8.05. The van der Waals surface area contributed by atoms with Gasteiger partial charge in [0.2, 0.25) is 5.91 Å². The molecule has 2 rings (SSSR count). The molecule has 5 heteroatoms. The number of amides is 1. The Bertz CT molecular complexity index is 480. The van der Waals surface area contributed by atoms with Crippen LogP contribution in [0.15, 0.2) is 29.4 Å². The van der Waals surface area contributed by atoms with Gasteiger partial charge in [0.05, 0.1) is 0 Å². The van der Waals surface area contributed by atoms with Gasteiger partial charge < -0.3 is 4.90 Å². The van der Waals surface area contributed by atoms with E-state index in [9.17, 15) is 4.79 Å². The molecule has 0 saturated heterocycles. The predicted molar refractivity (Wildman–Crippen MR) is 70.4 cm³/mol. The Hall–Kier alpha value is -2.00. The van der Waals surface area contributed by atoms with Crippen molar-refractivity contribution in [2.45, 2.75) is 25.7 Å². The Balaban J connectivity index is 2.01. The molecule has 1 aromatic carbocycles. The largest absolute Gasteiger partial charge is 0.312 e. The topological polar surface area (TPSA) is 69.1 Å². The lowest BCUT2D eigenvalue weighted by molar-refractivity contribution is -0.118. The zero-order valence-corrected chi connectivity index (χ0v) is 10.2. The summed E-state index contributed by atoms with van der Waals surface area (Å²) in [6.45, 7) is 1.18. The number of para-hydroxylation sites is 1. The van der Waals surface area contributed by atoms with E-state index < -0.39 is 0 Å². The second-order valence-electron chi connectivity index (χ2n) is 4.34. The van der Waals surface area contributed by atoms with Gasteiger partial charge >= 0.3 is 0 Å². The molecular formula is C13H16N4O. The van der Waals surface area contributed by atoms with Crippen LogP contribution in [0.1, 0.15) is 24.8 Å². The fraction of sp³-hybridized carbons (Fsp3) is 0.462. The summed E-state index contributed by atoms with van der Waals surface area (Å²) in [5.74, 6) is 0.121. The van der Waals surface area contributed by atoms with Gasteiger partial charge in [-0.15, -0.1) is 0 Å². The van der Waals surface area contributed by atoms with Gasteiger partial charge in [0.25, 0.3) is 0 Å². The first-order valence-corrected chi connectivity index (χ1v) is 6.22. The Labute approximate surface area is 106 Å². The van der Waals surface area contributed by atoms with Crippen LogP contribution in [-0.2, 0) is 11.2 Å². The molecule has 0 saturated carbocycles. The van der Waals surface area contributed by atoms with E-state index >= 15 is 0 Å². The van der Waals surface area contributed by atoms with E-state index in [1.165, 1.54) is 5.56 Å². The first kappa shape index (κ1) is 12.5. The quantitative estimate of drug-likeness (QED) is 0.347. The summed E-state index contributed by atoms with van der Waals surface area (Å²) >= 11 is 0. The van der Waals surface area contributed by atoms with E-state index in [1.54, 1.807) is 0 Å². The molecule has 0 radical (unpaired) electrons. The maximum Gasteiger partial charge on any atom is 0.226 e. The van der Waals surface area contributed by atoms with Crippen molar-refractivity contribution in [2.24, 2.45) is 5.11 Å². The van der Waals surface area contributed by atoms with E-state index in [0.717, 1.165) is 25.1 Å². The molecule has 5 nitrogen and oxygen atoms in total. The third-order valence-electron chi connectivity index (χ3n) is 3.12. The van der Waals surface area contributed by atoms with Crippen LogP contribution in [0.4, 0.5) is 5.69 Å². The van der Waals surface area contributed by atoms with Crippen LogP contribution in [0.5, 0.6) is 0 Å². The van der Waals surface area contributed by atoms with Crippen molar-refractivity contribution >= 4 is 11.6 Å². The van der Waals surface area contributed by atoms with Crippen molar-refractivity contribution in [3.63, 3.8) is 0 Å². The van der Waals surface area contributed by atoms with Gasteiger partial charge in [0.15, 0.2) is 0 Å². The number of carbonyl (C=O) groups excluding carboxylic acids is 1. The van der Waals surface area contributed by atoms with Crippen LogP contribution in [0.25, 0.3) is 10.4 Å². The molecule has 0 unspecified atom stereocenters. The number of fused-ring (bicyclic) bond motifs is 1.